The average Bonchev–Trinajstić information content (AvgIpc) is 2.65. The van der Waals surface area contributed by atoms with Crippen LogP contribution in [0, 0.1) is 13.8 Å². The summed E-state index contributed by atoms with van der Waals surface area (Å²) in [6, 6.07) is -0.189. The summed E-state index contributed by atoms with van der Waals surface area (Å²) in [4.78, 5) is 13.7. The first-order valence-corrected chi connectivity index (χ1v) is 5.70. The van der Waals surface area contributed by atoms with Crippen LogP contribution in [0.25, 0.3) is 0 Å². The van der Waals surface area contributed by atoms with Gasteiger partial charge in [0.1, 0.15) is 5.76 Å². The smallest absolute Gasteiger partial charge is 0.230 e. The summed E-state index contributed by atoms with van der Waals surface area (Å²) in [5.41, 5.74) is 1.58. The van der Waals surface area contributed by atoms with E-state index in [1.54, 1.807) is 25.8 Å². The molecular weight excluding hydrogens is 220 g/mol. The summed E-state index contributed by atoms with van der Waals surface area (Å²) in [5, 5.41) is 12.9. The molecule has 0 saturated heterocycles. The Bertz CT molecular complexity index is 381. The van der Waals surface area contributed by atoms with E-state index in [4.69, 9.17) is 9.63 Å². The molecule has 1 aromatic rings. The Labute approximate surface area is 101 Å². The lowest BCUT2D eigenvalue weighted by atomic mass is 9.97. The molecule has 0 fully saturated rings. The van der Waals surface area contributed by atoms with Crippen molar-refractivity contribution in [3.8, 4) is 0 Å². The number of likely N-dealkylation sites (N-methyl/N-ethyl adjacent to an activating group) is 1. The van der Waals surface area contributed by atoms with E-state index in [0.717, 1.165) is 11.3 Å². The van der Waals surface area contributed by atoms with Crippen molar-refractivity contribution in [1.82, 2.24) is 10.1 Å². The zero-order valence-electron chi connectivity index (χ0n) is 11.0. The van der Waals surface area contributed by atoms with Crippen LogP contribution in [0.4, 0.5) is 0 Å². The number of aromatic nitrogens is 1. The number of rotatable bonds is 4. The molecule has 0 aliphatic heterocycles. The Hall–Kier alpha value is -1.36. The minimum atomic E-state index is -0.305. The number of aliphatic hydroxyl groups excluding tert-OH is 1. The van der Waals surface area contributed by atoms with E-state index in [2.05, 4.69) is 5.16 Å². The standard InChI is InChI=1S/C12H20N2O3/c1-7(6-15)14(5)12(16)8(2)11-9(3)13-17-10(11)4/h7-8,15H,6H2,1-5H3. The maximum Gasteiger partial charge on any atom is 0.230 e. The molecule has 1 heterocycles. The first-order valence-electron chi connectivity index (χ1n) is 5.70. The highest BCUT2D eigenvalue weighted by molar-refractivity contribution is 5.83. The van der Waals surface area contributed by atoms with Gasteiger partial charge in [0, 0.05) is 12.6 Å². The number of carbonyl (C=O) groups is 1. The van der Waals surface area contributed by atoms with Gasteiger partial charge >= 0.3 is 0 Å². The van der Waals surface area contributed by atoms with Crippen molar-refractivity contribution in [1.29, 1.82) is 0 Å². The third-order valence-electron chi connectivity index (χ3n) is 3.17. The summed E-state index contributed by atoms with van der Waals surface area (Å²) in [6.45, 7) is 7.21. The third-order valence-corrected chi connectivity index (χ3v) is 3.17. The molecule has 0 aliphatic rings. The highest BCUT2D eigenvalue weighted by Crippen LogP contribution is 2.25. The molecule has 5 nitrogen and oxygen atoms in total. The number of aliphatic hydroxyl groups is 1. The first-order chi connectivity index (χ1) is 7.90. The molecule has 0 aliphatic carbocycles. The van der Waals surface area contributed by atoms with Crippen LogP contribution in [-0.2, 0) is 4.79 Å². The van der Waals surface area contributed by atoms with Crippen LogP contribution < -0.4 is 0 Å². The largest absolute Gasteiger partial charge is 0.394 e. The Morgan fingerprint density at radius 2 is 2.06 bits per heavy atom. The van der Waals surface area contributed by atoms with Crippen molar-refractivity contribution in [2.24, 2.45) is 0 Å². The van der Waals surface area contributed by atoms with Gasteiger partial charge in [-0.1, -0.05) is 5.16 Å². The van der Waals surface area contributed by atoms with E-state index in [-0.39, 0.29) is 24.5 Å². The number of aryl methyl sites for hydroxylation is 2. The monoisotopic (exact) mass is 240 g/mol. The molecule has 2 atom stereocenters. The van der Waals surface area contributed by atoms with Gasteiger partial charge in [0.2, 0.25) is 5.91 Å². The number of amides is 1. The number of carbonyl (C=O) groups excluding carboxylic acids is 1. The molecule has 1 amide bonds. The Balaban J connectivity index is 2.91. The van der Waals surface area contributed by atoms with Gasteiger partial charge in [0.15, 0.2) is 0 Å². The van der Waals surface area contributed by atoms with Crippen molar-refractivity contribution in [2.75, 3.05) is 13.7 Å². The van der Waals surface area contributed by atoms with Crippen molar-refractivity contribution < 1.29 is 14.4 Å². The summed E-state index contributed by atoms with van der Waals surface area (Å²) >= 11 is 0. The molecule has 5 heteroatoms. The van der Waals surface area contributed by atoms with Gasteiger partial charge in [0.25, 0.3) is 0 Å². The van der Waals surface area contributed by atoms with Gasteiger partial charge < -0.3 is 14.5 Å². The summed E-state index contributed by atoms with van der Waals surface area (Å²) < 4.78 is 5.06. The predicted molar refractivity (Wildman–Crippen MR) is 63.7 cm³/mol. The van der Waals surface area contributed by atoms with Gasteiger partial charge in [-0.3, -0.25) is 4.79 Å². The van der Waals surface area contributed by atoms with Crippen LogP contribution in [0.1, 0.15) is 36.8 Å². The first kappa shape index (κ1) is 13.7. The Morgan fingerprint density at radius 3 is 2.47 bits per heavy atom. The molecule has 96 valence electrons. The molecule has 0 bridgehead atoms. The highest BCUT2D eigenvalue weighted by atomic mass is 16.5. The minimum absolute atomic E-state index is 0.0408. The van der Waals surface area contributed by atoms with Gasteiger partial charge in [0.05, 0.1) is 24.3 Å². The quantitative estimate of drug-likeness (QED) is 0.859. The van der Waals surface area contributed by atoms with Crippen LogP contribution in [-0.4, -0.2) is 40.8 Å². The second kappa shape index (κ2) is 5.31. The van der Waals surface area contributed by atoms with Crippen LogP contribution in [0.3, 0.4) is 0 Å². The van der Waals surface area contributed by atoms with Crippen LogP contribution >= 0.6 is 0 Å². The van der Waals surface area contributed by atoms with E-state index < -0.39 is 0 Å². The van der Waals surface area contributed by atoms with E-state index >= 15 is 0 Å². The van der Waals surface area contributed by atoms with Gasteiger partial charge in [-0.25, -0.2) is 0 Å². The normalized spacial score (nSPS) is 14.5. The second-order valence-corrected chi connectivity index (χ2v) is 4.44. The molecule has 0 saturated carbocycles. The lowest BCUT2D eigenvalue weighted by Gasteiger charge is -2.26. The second-order valence-electron chi connectivity index (χ2n) is 4.44. The van der Waals surface area contributed by atoms with Crippen LogP contribution in [0.15, 0.2) is 4.52 Å². The van der Waals surface area contributed by atoms with E-state index in [1.165, 1.54) is 0 Å². The Morgan fingerprint density at radius 1 is 1.47 bits per heavy atom. The average molecular weight is 240 g/mol. The lowest BCUT2D eigenvalue weighted by Crippen LogP contribution is -2.39. The highest BCUT2D eigenvalue weighted by Gasteiger charge is 2.27. The summed E-state index contributed by atoms with van der Waals surface area (Å²) in [5.74, 6) is 0.328. The number of nitrogens with zero attached hydrogens (tertiary/aromatic N) is 2. The molecule has 0 radical (unpaired) electrons. The fraction of sp³-hybridized carbons (Fsp3) is 0.667. The molecule has 0 aromatic carbocycles. The van der Waals surface area contributed by atoms with E-state index in [0.29, 0.717) is 5.76 Å². The fourth-order valence-electron chi connectivity index (χ4n) is 1.88. The van der Waals surface area contributed by atoms with Crippen molar-refractivity contribution in [2.45, 2.75) is 39.7 Å². The maximum absolute atomic E-state index is 12.2. The molecular formula is C12H20N2O3. The number of hydrogen-bond donors (Lipinski definition) is 1. The zero-order chi connectivity index (χ0) is 13.2. The lowest BCUT2D eigenvalue weighted by molar-refractivity contribution is -0.133. The minimum Gasteiger partial charge on any atom is -0.394 e. The van der Waals surface area contributed by atoms with Crippen molar-refractivity contribution in [3.05, 3.63) is 17.0 Å². The molecule has 1 rings (SSSR count). The van der Waals surface area contributed by atoms with Gasteiger partial charge in [-0.05, 0) is 27.7 Å². The van der Waals surface area contributed by atoms with Gasteiger partial charge in [-0.15, -0.1) is 0 Å². The molecule has 1 aromatic heterocycles. The van der Waals surface area contributed by atoms with E-state index in [9.17, 15) is 4.79 Å². The van der Waals surface area contributed by atoms with Crippen molar-refractivity contribution >= 4 is 5.91 Å². The number of hydrogen-bond acceptors (Lipinski definition) is 4. The third kappa shape index (κ3) is 2.66. The SMILES string of the molecule is Cc1noc(C)c1C(C)C(=O)N(C)C(C)CO. The summed E-state index contributed by atoms with van der Waals surface area (Å²) in [7, 11) is 1.69. The van der Waals surface area contributed by atoms with Crippen molar-refractivity contribution in [3.63, 3.8) is 0 Å². The predicted octanol–water partition coefficient (Wildman–Crippen LogP) is 1.23. The topological polar surface area (TPSA) is 66.6 Å². The van der Waals surface area contributed by atoms with Crippen LogP contribution in [0.2, 0.25) is 0 Å². The Kier molecular flexibility index (Phi) is 4.28. The molecule has 17 heavy (non-hydrogen) atoms. The zero-order valence-corrected chi connectivity index (χ0v) is 11.0. The van der Waals surface area contributed by atoms with E-state index in [1.807, 2.05) is 13.8 Å². The summed E-state index contributed by atoms with van der Waals surface area (Å²) in [6.07, 6.45) is 0. The fourth-order valence-corrected chi connectivity index (χ4v) is 1.88. The molecule has 0 spiro atoms. The van der Waals surface area contributed by atoms with Gasteiger partial charge in [-0.2, -0.15) is 0 Å². The maximum atomic E-state index is 12.2. The molecule has 1 N–H and O–H groups in total. The molecule has 2 unspecified atom stereocenters. The van der Waals surface area contributed by atoms with Crippen LogP contribution in [0.5, 0.6) is 0 Å².